The van der Waals surface area contributed by atoms with Gasteiger partial charge in [0, 0.05) is 47.5 Å². The van der Waals surface area contributed by atoms with Gasteiger partial charge in [0.25, 0.3) is 11.6 Å². The molecule has 0 aromatic heterocycles. The van der Waals surface area contributed by atoms with Crippen molar-refractivity contribution >= 4 is 41.5 Å². The summed E-state index contributed by atoms with van der Waals surface area (Å²) in [4.78, 5) is 90.4. The molecule has 11 rings (SSSR count). The molecule has 11 aliphatic rings. The van der Waals surface area contributed by atoms with Crippen LogP contribution in [0.3, 0.4) is 0 Å². The Morgan fingerprint density at radius 3 is 0.966 bits per heavy atom. The Morgan fingerprint density at radius 2 is 0.581 bits per heavy atom. The fraction of sp³-hybridized carbons (Fsp3) is 0.915. The molecule has 0 spiro atoms. The minimum Gasteiger partial charge on any atom is -0.477 e. The molecule has 0 radical (unpaired) electrons. The lowest BCUT2D eigenvalue weighted by atomic mass is 9.88. The summed E-state index contributed by atoms with van der Waals surface area (Å²) in [7, 11) is 0. The maximum absolute atomic E-state index is 13.4. The summed E-state index contributed by atoms with van der Waals surface area (Å²) < 4.78 is 124. The Kier molecular flexibility index (Phi) is 43.3. The standard InChI is InChI=1S/C82H135N5O61/c1-19-42(104)52(114)57(119)74(131-19)146-69-54(116)46(108)36(18-130-82(80(126)127)8-26(101)38(84-21(3)96)66(148-82)44(106)28(103)10-89)139-78(69)143-63-33(15-94)136-73(41(51(63)113)87-24(6)99)145-68-48(110)34(137-77(60(68)122)142-64-30(12-91)132-70(123)56(118)55(64)117)16-128-71-39(85-22(4)97)49(111)61(31(13-92)134-71)141-76-59(121)67(47(109)29(11-90)133-76)144-72-40(86-23(5)98)50(112)62(32(14-93)135-72)140-75-58(120)53(115)45(107)35(138-75)17-129-81(79(124)125)7-25(100)37(83-20(2)95)65(147-81)43(105)27(102)9-88/h19,25-78,88-94,100-123H,7-18H2,1-6H3,(H,83,95)(H,84,96)(H,85,97)(H,86,98)(H,87,99)(H,124,125)(H,126,127)/t19-,25-,26-,27+,28+,29+,30+,31+,32+,33+,34+,35+,36+,37+,38+,39+,40+,41+,42+,43+,44+,45-,46-,47-,48-,49+,50+,51+,52+,53-,54-,55+,56+,57-,58+,59+,60+,61+,62+,63+,64+,65+,66+,67-,68-,69+,70?,71+,72-,73-,74-,75-,76?,77-,78-,81+,82+/m0/s1. The van der Waals surface area contributed by atoms with Crippen LogP contribution in [0.4, 0.5) is 0 Å². The van der Waals surface area contributed by atoms with Crippen molar-refractivity contribution in [2.24, 2.45) is 0 Å². The summed E-state index contributed by atoms with van der Waals surface area (Å²) in [6.45, 7) is -6.60. The summed E-state index contributed by atoms with van der Waals surface area (Å²) in [5.74, 6) is -15.3. The van der Waals surface area contributed by atoms with Gasteiger partial charge in [-0.15, -0.1) is 0 Å². The smallest absolute Gasteiger partial charge is 0.364 e. The van der Waals surface area contributed by atoms with Gasteiger partial charge in [-0.1, -0.05) is 0 Å². The molecule has 0 aromatic carbocycles. The summed E-state index contributed by atoms with van der Waals surface area (Å²) in [5.41, 5.74) is 0. The van der Waals surface area contributed by atoms with Gasteiger partial charge in [-0.2, -0.15) is 0 Å². The van der Waals surface area contributed by atoms with Crippen molar-refractivity contribution in [3.63, 3.8) is 0 Å². The number of hydrogen-bond acceptors (Lipinski definition) is 59. The number of rotatable bonds is 41. The molecule has 0 aliphatic carbocycles. The average molecular weight is 2170 g/mol. The molecule has 38 N–H and O–H groups in total. The van der Waals surface area contributed by atoms with E-state index in [9.17, 15) is 202 Å². The molecule has 2 unspecified atom stereocenters. The molecule has 66 heteroatoms. The second-order valence-corrected chi connectivity index (χ2v) is 37.4. The van der Waals surface area contributed by atoms with Crippen molar-refractivity contribution in [2.75, 3.05) is 66.1 Å². The van der Waals surface area contributed by atoms with Crippen LogP contribution < -0.4 is 26.6 Å². The molecule has 11 heterocycles. The van der Waals surface area contributed by atoms with E-state index < -0.39 is 469 Å². The normalized spacial score (nSPS) is 47.0. The maximum Gasteiger partial charge on any atom is 0.364 e. The van der Waals surface area contributed by atoms with Gasteiger partial charge in [-0.25, -0.2) is 9.59 Å². The number of carboxylic acids is 2. The predicted molar refractivity (Wildman–Crippen MR) is 453 cm³/mol. The molecule has 0 aromatic rings. The molecule has 5 amide bonds. The highest BCUT2D eigenvalue weighted by Crippen LogP contribution is 2.44. The lowest BCUT2D eigenvalue weighted by molar-refractivity contribution is -0.395. The number of nitrogens with one attached hydrogen (secondary N) is 5. The first-order valence-electron chi connectivity index (χ1n) is 46.8. The average Bonchev–Trinajstić information content (AvgIpc) is 0.755. The minimum absolute atomic E-state index is 0.845. The first-order valence-corrected chi connectivity index (χ1v) is 46.8. The third kappa shape index (κ3) is 27.0. The topological polar surface area (TPSA) is 1040 Å². The van der Waals surface area contributed by atoms with Gasteiger partial charge in [0.1, 0.15) is 250 Å². The van der Waals surface area contributed by atoms with Crippen LogP contribution >= 0.6 is 0 Å². The highest BCUT2D eigenvalue weighted by atomic mass is 16.8. The molecule has 57 atom stereocenters. The highest BCUT2D eigenvalue weighted by Gasteiger charge is 2.65. The van der Waals surface area contributed by atoms with Gasteiger partial charge < -0.3 is 295 Å². The second-order valence-electron chi connectivity index (χ2n) is 37.4. The zero-order valence-corrected chi connectivity index (χ0v) is 79.4. The number of aliphatic carboxylic acids is 2. The van der Waals surface area contributed by atoms with Crippen molar-refractivity contribution in [3.05, 3.63) is 0 Å². The van der Waals surface area contributed by atoms with Crippen LogP contribution in [0.1, 0.15) is 54.4 Å². The molecule has 0 bridgehead atoms. The Bertz CT molecular complexity index is 4260. The Hall–Kier alpha value is -5.79. The summed E-state index contributed by atoms with van der Waals surface area (Å²) in [6.07, 6.45) is -113. The minimum atomic E-state index is -3.19. The molecule has 11 aliphatic heterocycles. The van der Waals surface area contributed by atoms with E-state index in [0.29, 0.717) is 0 Å². The van der Waals surface area contributed by atoms with Crippen LogP contribution in [-0.4, -0.2) is 625 Å². The summed E-state index contributed by atoms with van der Waals surface area (Å²) >= 11 is 0. The van der Waals surface area contributed by atoms with Gasteiger partial charge in [-0.3, -0.25) is 24.0 Å². The third-order valence-electron chi connectivity index (χ3n) is 26.9. The lowest BCUT2D eigenvalue weighted by Crippen LogP contribution is -2.70. The Balaban J connectivity index is 0.822. The number of ether oxygens (including phenoxy) is 21. The maximum atomic E-state index is 13.4. The number of carbonyl (C=O) groups is 7. The number of aliphatic hydroxyl groups excluding tert-OH is 31. The molecule has 11 saturated heterocycles. The monoisotopic (exact) mass is 2170 g/mol. The Morgan fingerprint density at radius 1 is 0.291 bits per heavy atom. The van der Waals surface area contributed by atoms with E-state index >= 15 is 0 Å². The number of carbonyl (C=O) groups excluding carboxylic acids is 5. The Labute approximate surface area is 836 Å². The molecule has 11 fully saturated rings. The molecule has 854 valence electrons. The van der Waals surface area contributed by atoms with Gasteiger partial charge >= 0.3 is 11.9 Å². The zero-order chi connectivity index (χ0) is 110. The van der Waals surface area contributed by atoms with Crippen LogP contribution in [0.5, 0.6) is 0 Å². The van der Waals surface area contributed by atoms with Crippen LogP contribution in [0, 0.1) is 0 Å². The van der Waals surface area contributed by atoms with Crippen molar-refractivity contribution in [2.45, 2.75) is 403 Å². The van der Waals surface area contributed by atoms with Crippen molar-refractivity contribution in [1.29, 1.82) is 0 Å². The van der Waals surface area contributed by atoms with E-state index in [1.165, 1.54) is 6.92 Å². The van der Waals surface area contributed by atoms with E-state index in [2.05, 4.69) is 26.6 Å². The van der Waals surface area contributed by atoms with Crippen LogP contribution in [0.2, 0.25) is 0 Å². The van der Waals surface area contributed by atoms with Gasteiger partial charge in [-0.05, 0) is 6.92 Å². The van der Waals surface area contributed by atoms with Gasteiger partial charge in [0.15, 0.2) is 56.6 Å². The second kappa shape index (κ2) is 52.4. The van der Waals surface area contributed by atoms with Crippen LogP contribution in [0.25, 0.3) is 0 Å². The van der Waals surface area contributed by atoms with E-state index in [1.807, 2.05) is 0 Å². The fourth-order valence-electron chi connectivity index (χ4n) is 19.0. The molecule has 0 saturated carbocycles. The molecule has 148 heavy (non-hydrogen) atoms. The van der Waals surface area contributed by atoms with Gasteiger partial charge in [0.2, 0.25) is 29.5 Å². The van der Waals surface area contributed by atoms with Crippen LogP contribution in [-0.2, 0) is 133 Å². The quantitative estimate of drug-likeness (QED) is 0.0270. The van der Waals surface area contributed by atoms with E-state index in [1.54, 1.807) is 0 Å². The predicted octanol–water partition coefficient (Wildman–Crippen LogP) is -24.8. The summed E-state index contributed by atoms with van der Waals surface area (Å²) in [6, 6.07) is -9.63. The van der Waals surface area contributed by atoms with Crippen LogP contribution in [0.15, 0.2) is 0 Å². The number of amides is 5. The van der Waals surface area contributed by atoms with E-state index in [4.69, 9.17) is 99.5 Å². The van der Waals surface area contributed by atoms with Crippen molar-refractivity contribution in [3.8, 4) is 0 Å². The number of aliphatic hydroxyl groups is 31. The SMILES string of the molecule is CC(=O)N[C@H]1[C@H](OC[C@H]2O[C@@H](O[C@H]3[C@H](O)[C@@H](O)C(O)O[C@@H]3CO)[C@H](O)[C@@H](O[C@@H]3O[C@H](CO)[C@@H](O[C@@H]4O[C@H](CO[C@]5(C(=O)O)C[C@H](O)[C@@H](NC(C)=O)[C@H]([C@H](O)[C@H](O)CO)O5)[C@H](O)[C@H](O)[C@H]4O[C@@H]4O[C@@H](C)[C@@H](O)[C@@H](O)[C@@H]4O)[C@H](O)[C@H]3NC(C)=O)[C@H]2O)O[C@H](CO)[C@@H](OC2O[C@H](CO)[C@H](O)[C@H](O[C@@H]3O[C@H](CO)[C@@H](O[C@@H]4O[C@H](CO[C@]5(C(=O)O)C[C@H](O)[C@@H](NC(C)=O)[C@H]([C@H](O)[C@H](O)CO)O5)[C@H](O)[C@H](O)[C@H]4O)[C@H](O)[C@H]3NC(C)=O)[C@H]2O)[C@@H]1O. The first-order chi connectivity index (χ1) is 69.6. The molecular weight excluding hydrogens is 2030 g/mol. The van der Waals surface area contributed by atoms with Crippen molar-refractivity contribution in [1.82, 2.24) is 26.6 Å². The number of hydrogen-bond donors (Lipinski definition) is 38. The van der Waals surface area contributed by atoms with E-state index in [0.717, 1.165) is 34.6 Å². The first kappa shape index (κ1) is 122. The molecular formula is C82H135N5O61. The van der Waals surface area contributed by atoms with Crippen molar-refractivity contribution < 1.29 is 302 Å². The third-order valence-corrected chi connectivity index (χ3v) is 26.9. The highest BCUT2D eigenvalue weighted by molar-refractivity contribution is 5.78. The fourth-order valence-corrected chi connectivity index (χ4v) is 19.0. The zero-order valence-electron chi connectivity index (χ0n) is 79.4. The van der Waals surface area contributed by atoms with Gasteiger partial charge in [0.05, 0.1) is 96.5 Å². The van der Waals surface area contributed by atoms with E-state index in [-0.39, 0.29) is 0 Å². The lowest BCUT2D eigenvalue weighted by Gasteiger charge is -2.51. The summed E-state index contributed by atoms with van der Waals surface area (Å²) in [5, 5.41) is 381. The molecule has 66 nitrogen and oxygen atoms in total. The largest absolute Gasteiger partial charge is 0.477 e. The number of carboxylic acid groups (broad SMARTS) is 2.